The van der Waals surface area contributed by atoms with E-state index in [1.807, 2.05) is 36.4 Å². The van der Waals surface area contributed by atoms with Crippen LogP contribution in [-0.4, -0.2) is 10.2 Å². The minimum atomic E-state index is -1.98. The Bertz CT molecular complexity index is 1060. The second kappa shape index (κ2) is 8.25. The lowest BCUT2D eigenvalue weighted by Gasteiger charge is -2.45. The molecule has 4 aromatic carbocycles. The Kier molecular flexibility index (Phi) is 5.68. The van der Waals surface area contributed by atoms with Crippen molar-refractivity contribution in [1.29, 1.82) is 0 Å². The Morgan fingerprint density at radius 2 is 0.767 bits per heavy atom. The third-order valence-corrected chi connectivity index (χ3v) is 6.09. The molecular weight excluding hydrogens is 415 g/mol. The average Bonchev–Trinajstić information content (AvgIpc) is 2.80. The van der Waals surface area contributed by atoms with Gasteiger partial charge < -0.3 is 10.2 Å². The van der Waals surface area contributed by atoms with E-state index >= 15 is 0 Å². The summed E-state index contributed by atoms with van der Waals surface area (Å²) in [5.74, 6) is 0. The maximum Gasteiger partial charge on any atom is 0.154 e. The lowest BCUT2D eigenvalue weighted by Crippen LogP contribution is -2.51. The topological polar surface area (TPSA) is 40.5 Å². The molecule has 0 aliphatic heterocycles. The number of benzene rings is 4. The number of rotatable bonds is 5. The molecule has 0 saturated heterocycles. The Morgan fingerprint density at radius 3 is 1.13 bits per heavy atom. The standard InChI is InChI=1S/C26H20Cl2O2/c27-23-17-9-7-15-21(23)26(30,22-16-8-10-18-24(22)28)25(29,19-11-3-1-4-12-19)20-13-5-2-6-14-20/h1-18,29-30H. The zero-order valence-electron chi connectivity index (χ0n) is 16.0. The molecule has 0 bridgehead atoms. The molecule has 0 aliphatic carbocycles. The summed E-state index contributed by atoms with van der Waals surface area (Å²) in [5.41, 5.74) is -2.13. The molecule has 4 heteroatoms. The van der Waals surface area contributed by atoms with Crippen LogP contribution >= 0.6 is 23.2 Å². The van der Waals surface area contributed by atoms with Gasteiger partial charge in [0.25, 0.3) is 0 Å². The maximum absolute atomic E-state index is 12.5. The zero-order chi connectivity index (χ0) is 21.2. The molecule has 0 heterocycles. The molecule has 0 aliphatic rings. The normalized spacial score (nSPS) is 12.0. The maximum atomic E-state index is 12.5. The molecule has 30 heavy (non-hydrogen) atoms. The van der Waals surface area contributed by atoms with Crippen molar-refractivity contribution in [2.24, 2.45) is 0 Å². The summed E-state index contributed by atoms with van der Waals surface area (Å²) in [7, 11) is 0. The highest BCUT2D eigenvalue weighted by atomic mass is 35.5. The fourth-order valence-electron chi connectivity index (χ4n) is 3.99. The van der Waals surface area contributed by atoms with Gasteiger partial charge >= 0.3 is 0 Å². The van der Waals surface area contributed by atoms with Gasteiger partial charge in [-0.15, -0.1) is 0 Å². The molecule has 0 radical (unpaired) electrons. The summed E-state index contributed by atoms with van der Waals surface area (Å²) in [4.78, 5) is 0. The van der Waals surface area contributed by atoms with Gasteiger partial charge in [0, 0.05) is 21.2 Å². The van der Waals surface area contributed by atoms with Crippen LogP contribution in [0.3, 0.4) is 0 Å². The third kappa shape index (κ3) is 3.23. The third-order valence-electron chi connectivity index (χ3n) is 5.43. The van der Waals surface area contributed by atoms with E-state index in [0.29, 0.717) is 32.3 Å². The van der Waals surface area contributed by atoms with Crippen LogP contribution in [0, 0.1) is 0 Å². The van der Waals surface area contributed by atoms with Crippen LogP contribution in [0.1, 0.15) is 22.3 Å². The summed E-state index contributed by atoms with van der Waals surface area (Å²) < 4.78 is 0. The smallest absolute Gasteiger partial charge is 0.154 e. The van der Waals surface area contributed by atoms with E-state index in [2.05, 4.69) is 0 Å². The fraction of sp³-hybridized carbons (Fsp3) is 0.0769. The van der Waals surface area contributed by atoms with E-state index in [4.69, 9.17) is 23.2 Å². The van der Waals surface area contributed by atoms with Gasteiger partial charge in [-0.2, -0.15) is 0 Å². The molecule has 2 N–H and O–H groups in total. The van der Waals surface area contributed by atoms with Crippen molar-refractivity contribution >= 4 is 23.2 Å². The highest BCUT2D eigenvalue weighted by molar-refractivity contribution is 6.32. The molecule has 0 spiro atoms. The number of aliphatic hydroxyl groups is 2. The van der Waals surface area contributed by atoms with Crippen LogP contribution in [0.5, 0.6) is 0 Å². The molecule has 4 aromatic rings. The summed E-state index contributed by atoms with van der Waals surface area (Å²) in [6, 6.07) is 32.1. The van der Waals surface area contributed by atoms with Crippen molar-refractivity contribution in [2.45, 2.75) is 11.2 Å². The Hall–Kier alpha value is -2.62. The van der Waals surface area contributed by atoms with Gasteiger partial charge in [0.1, 0.15) is 0 Å². The van der Waals surface area contributed by atoms with E-state index in [1.165, 1.54) is 0 Å². The number of halogens is 2. The summed E-state index contributed by atoms with van der Waals surface area (Å²) >= 11 is 13.2. The van der Waals surface area contributed by atoms with Gasteiger partial charge in [-0.25, -0.2) is 0 Å². The number of hydrogen-bond acceptors (Lipinski definition) is 2. The van der Waals surface area contributed by atoms with Gasteiger partial charge in [-0.3, -0.25) is 0 Å². The summed E-state index contributed by atoms with van der Waals surface area (Å²) in [6.07, 6.45) is 0. The average molecular weight is 435 g/mol. The lowest BCUT2D eigenvalue weighted by molar-refractivity contribution is -0.112. The molecule has 4 rings (SSSR count). The first-order valence-electron chi connectivity index (χ1n) is 9.55. The second-order valence-corrected chi connectivity index (χ2v) is 7.93. The Balaban J connectivity index is 2.16. The quantitative estimate of drug-likeness (QED) is 0.394. The largest absolute Gasteiger partial charge is 0.377 e. The molecule has 2 nitrogen and oxygen atoms in total. The molecule has 0 aromatic heterocycles. The lowest BCUT2D eigenvalue weighted by atomic mass is 9.66. The number of hydrogen-bond donors (Lipinski definition) is 2. The van der Waals surface area contributed by atoms with Crippen molar-refractivity contribution in [3.05, 3.63) is 141 Å². The van der Waals surface area contributed by atoms with Crippen LogP contribution in [0.4, 0.5) is 0 Å². The molecule has 150 valence electrons. The molecule has 0 saturated carbocycles. The van der Waals surface area contributed by atoms with Crippen LogP contribution < -0.4 is 0 Å². The van der Waals surface area contributed by atoms with E-state index in [0.717, 1.165) is 0 Å². The SMILES string of the molecule is OC(c1ccccc1)(c1ccccc1)C(O)(c1ccccc1Cl)c1ccccc1Cl. The van der Waals surface area contributed by atoms with Crippen molar-refractivity contribution in [1.82, 2.24) is 0 Å². The predicted molar refractivity (Wildman–Crippen MR) is 122 cm³/mol. The van der Waals surface area contributed by atoms with Crippen molar-refractivity contribution in [3.8, 4) is 0 Å². The van der Waals surface area contributed by atoms with Crippen molar-refractivity contribution in [2.75, 3.05) is 0 Å². The van der Waals surface area contributed by atoms with E-state index < -0.39 is 11.2 Å². The summed E-state index contributed by atoms with van der Waals surface area (Å²) in [6.45, 7) is 0. The molecule has 0 fully saturated rings. The van der Waals surface area contributed by atoms with Gasteiger partial charge in [-0.05, 0) is 23.3 Å². The van der Waals surface area contributed by atoms with Gasteiger partial charge in [0.2, 0.25) is 0 Å². The highest BCUT2D eigenvalue weighted by Gasteiger charge is 2.55. The molecule has 0 amide bonds. The predicted octanol–water partition coefficient (Wildman–Crippen LogP) is 6.17. The van der Waals surface area contributed by atoms with Gasteiger partial charge in [0.05, 0.1) is 0 Å². The monoisotopic (exact) mass is 434 g/mol. The van der Waals surface area contributed by atoms with Crippen molar-refractivity contribution in [3.63, 3.8) is 0 Å². The van der Waals surface area contributed by atoms with E-state index in [-0.39, 0.29) is 0 Å². The molecule has 0 unspecified atom stereocenters. The molecular formula is C26H20Cl2O2. The minimum absolute atomic E-state index is 0.324. The second-order valence-electron chi connectivity index (χ2n) is 7.11. The Morgan fingerprint density at radius 1 is 0.433 bits per heavy atom. The van der Waals surface area contributed by atoms with E-state index in [1.54, 1.807) is 72.8 Å². The first kappa shape index (κ1) is 20.6. The van der Waals surface area contributed by atoms with Crippen LogP contribution in [0.2, 0.25) is 10.0 Å². The van der Waals surface area contributed by atoms with Crippen LogP contribution in [-0.2, 0) is 11.2 Å². The minimum Gasteiger partial charge on any atom is -0.377 e. The van der Waals surface area contributed by atoms with Crippen LogP contribution in [0.25, 0.3) is 0 Å². The van der Waals surface area contributed by atoms with Gasteiger partial charge in [-0.1, -0.05) is 120 Å². The van der Waals surface area contributed by atoms with Gasteiger partial charge in [0.15, 0.2) is 11.2 Å². The first-order valence-corrected chi connectivity index (χ1v) is 10.3. The van der Waals surface area contributed by atoms with E-state index in [9.17, 15) is 10.2 Å². The zero-order valence-corrected chi connectivity index (χ0v) is 17.6. The van der Waals surface area contributed by atoms with Crippen molar-refractivity contribution < 1.29 is 10.2 Å². The molecule has 0 atom stereocenters. The Labute approximate surface area is 186 Å². The summed E-state index contributed by atoms with van der Waals surface area (Å²) in [5, 5.41) is 25.6. The van der Waals surface area contributed by atoms with Crippen LogP contribution in [0.15, 0.2) is 109 Å². The highest BCUT2D eigenvalue weighted by Crippen LogP contribution is 2.52. The first-order chi connectivity index (χ1) is 14.5. The fourth-order valence-corrected chi connectivity index (χ4v) is 4.53.